The van der Waals surface area contributed by atoms with E-state index in [0.717, 1.165) is 13.0 Å². The van der Waals surface area contributed by atoms with Crippen LogP contribution in [0.25, 0.3) is 0 Å². The molecule has 0 bridgehead atoms. The van der Waals surface area contributed by atoms with Crippen molar-refractivity contribution < 1.29 is 0 Å². The summed E-state index contributed by atoms with van der Waals surface area (Å²) in [5.74, 6) is 0. The van der Waals surface area contributed by atoms with E-state index < -0.39 is 0 Å². The van der Waals surface area contributed by atoms with Crippen LogP contribution in [0.3, 0.4) is 0 Å². The first-order valence-corrected chi connectivity index (χ1v) is 6.90. The summed E-state index contributed by atoms with van der Waals surface area (Å²) in [6.45, 7) is 5.58. The van der Waals surface area contributed by atoms with Crippen LogP contribution in [0.15, 0.2) is 15.9 Å². The zero-order valence-electron chi connectivity index (χ0n) is 8.85. The van der Waals surface area contributed by atoms with Crippen LogP contribution < -0.4 is 5.32 Å². The van der Waals surface area contributed by atoms with Gasteiger partial charge in [-0.05, 0) is 53.2 Å². The summed E-state index contributed by atoms with van der Waals surface area (Å²) in [5.41, 5.74) is 0. The molecule has 1 rings (SSSR count). The second-order valence-corrected chi connectivity index (χ2v) is 5.31. The number of hydrogen-bond acceptors (Lipinski definition) is 2. The van der Waals surface area contributed by atoms with Crippen molar-refractivity contribution in [2.24, 2.45) is 0 Å². The molecular weight excluding hydrogens is 258 g/mol. The summed E-state index contributed by atoms with van der Waals surface area (Å²) in [7, 11) is 0. The van der Waals surface area contributed by atoms with E-state index in [2.05, 4.69) is 46.5 Å². The maximum absolute atomic E-state index is 3.57. The number of thiophene rings is 1. The lowest BCUT2D eigenvalue weighted by molar-refractivity contribution is 0.497. The topological polar surface area (TPSA) is 12.0 Å². The lowest BCUT2D eigenvalue weighted by Crippen LogP contribution is -2.30. The zero-order valence-corrected chi connectivity index (χ0v) is 11.2. The molecule has 14 heavy (non-hydrogen) atoms. The Morgan fingerprint density at radius 3 is 2.79 bits per heavy atom. The van der Waals surface area contributed by atoms with E-state index in [1.165, 1.54) is 22.2 Å². The Morgan fingerprint density at radius 1 is 1.50 bits per heavy atom. The van der Waals surface area contributed by atoms with E-state index in [1.54, 1.807) is 0 Å². The number of hydrogen-bond donors (Lipinski definition) is 1. The van der Waals surface area contributed by atoms with Crippen LogP contribution in [-0.4, -0.2) is 12.6 Å². The maximum Gasteiger partial charge on any atom is 0.0314 e. The van der Waals surface area contributed by atoms with E-state index >= 15 is 0 Å². The highest BCUT2D eigenvalue weighted by Gasteiger charge is 2.09. The molecule has 0 aromatic carbocycles. The van der Waals surface area contributed by atoms with Gasteiger partial charge in [0, 0.05) is 15.4 Å². The van der Waals surface area contributed by atoms with Gasteiger partial charge >= 0.3 is 0 Å². The molecular formula is C11H18BrNS. The highest BCUT2D eigenvalue weighted by atomic mass is 79.9. The highest BCUT2D eigenvalue weighted by molar-refractivity contribution is 9.10. The summed E-state index contributed by atoms with van der Waals surface area (Å²) in [6, 6.07) is 2.76. The quantitative estimate of drug-likeness (QED) is 0.832. The summed E-state index contributed by atoms with van der Waals surface area (Å²) in [6.07, 6.45) is 3.56. The fourth-order valence-electron chi connectivity index (χ4n) is 1.40. The molecule has 1 atom stereocenters. The minimum Gasteiger partial charge on any atom is -0.314 e. The second-order valence-electron chi connectivity index (χ2n) is 3.46. The molecule has 0 fully saturated rings. The Hall–Kier alpha value is 0.140. The van der Waals surface area contributed by atoms with Gasteiger partial charge in [0.1, 0.15) is 0 Å². The van der Waals surface area contributed by atoms with Crippen molar-refractivity contribution in [2.75, 3.05) is 6.54 Å². The molecule has 1 heterocycles. The predicted molar refractivity (Wildman–Crippen MR) is 68.1 cm³/mol. The van der Waals surface area contributed by atoms with Crippen LogP contribution >= 0.6 is 27.3 Å². The van der Waals surface area contributed by atoms with Gasteiger partial charge in [-0.3, -0.25) is 0 Å². The Morgan fingerprint density at radius 2 is 2.29 bits per heavy atom. The van der Waals surface area contributed by atoms with Gasteiger partial charge < -0.3 is 5.32 Å². The van der Waals surface area contributed by atoms with Crippen molar-refractivity contribution in [3.05, 3.63) is 20.8 Å². The van der Waals surface area contributed by atoms with Crippen molar-refractivity contribution in [3.8, 4) is 0 Å². The van der Waals surface area contributed by atoms with E-state index in [1.807, 2.05) is 11.3 Å². The van der Waals surface area contributed by atoms with E-state index in [9.17, 15) is 0 Å². The van der Waals surface area contributed by atoms with Gasteiger partial charge in [0.25, 0.3) is 0 Å². The van der Waals surface area contributed by atoms with Gasteiger partial charge in [0.15, 0.2) is 0 Å². The molecule has 1 N–H and O–H groups in total. The minimum absolute atomic E-state index is 0.630. The Labute approximate surface area is 99.0 Å². The first kappa shape index (κ1) is 12.2. The maximum atomic E-state index is 3.57. The number of nitrogens with one attached hydrogen (secondary N) is 1. The summed E-state index contributed by atoms with van der Waals surface area (Å²) >= 11 is 5.41. The Bertz CT molecular complexity index is 260. The molecule has 0 aliphatic rings. The molecule has 1 nitrogen and oxygen atoms in total. The second kappa shape index (κ2) is 6.59. The standard InChI is InChI=1S/C11H18BrNS/c1-3-6-13-9(4-2)8-11-10(12)5-7-14-11/h5,7,9,13H,3-4,6,8H2,1-2H3. The Balaban J connectivity index is 2.44. The minimum atomic E-state index is 0.630. The van der Waals surface area contributed by atoms with Gasteiger partial charge in [-0.1, -0.05) is 13.8 Å². The molecule has 1 aromatic rings. The smallest absolute Gasteiger partial charge is 0.0314 e. The van der Waals surface area contributed by atoms with Crippen LogP contribution in [0, 0.1) is 0 Å². The normalized spacial score (nSPS) is 13.1. The lowest BCUT2D eigenvalue weighted by Gasteiger charge is -2.15. The van der Waals surface area contributed by atoms with Crippen LogP contribution in [0.5, 0.6) is 0 Å². The van der Waals surface area contributed by atoms with Gasteiger partial charge in [0.2, 0.25) is 0 Å². The van der Waals surface area contributed by atoms with Gasteiger partial charge in [0.05, 0.1) is 0 Å². The monoisotopic (exact) mass is 275 g/mol. The Kier molecular flexibility index (Phi) is 5.75. The van der Waals surface area contributed by atoms with Gasteiger partial charge in [-0.15, -0.1) is 11.3 Å². The zero-order chi connectivity index (χ0) is 10.4. The summed E-state index contributed by atoms with van der Waals surface area (Å²) in [5, 5.41) is 5.72. The fourth-order valence-corrected chi connectivity index (χ4v) is 3.00. The van der Waals surface area contributed by atoms with Crippen molar-refractivity contribution >= 4 is 27.3 Å². The molecule has 80 valence electrons. The molecule has 1 aromatic heterocycles. The average molecular weight is 276 g/mol. The fraction of sp³-hybridized carbons (Fsp3) is 0.636. The van der Waals surface area contributed by atoms with Crippen molar-refractivity contribution in [2.45, 2.75) is 39.2 Å². The van der Waals surface area contributed by atoms with Crippen molar-refractivity contribution in [1.82, 2.24) is 5.32 Å². The van der Waals surface area contributed by atoms with Crippen LogP contribution in [0.2, 0.25) is 0 Å². The first-order chi connectivity index (χ1) is 6.77. The molecule has 1 unspecified atom stereocenters. The van der Waals surface area contributed by atoms with E-state index in [-0.39, 0.29) is 0 Å². The third kappa shape index (κ3) is 3.71. The first-order valence-electron chi connectivity index (χ1n) is 5.23. The van der Waals surface area contributed by atoms with Crippen LogP contribution in [0.1, 0.15) is 31.6 Å². The average Bonchev–Trinajstić information content (AvgIpc) is 2.59. The van der Waals surface area contributed by atoms with Crippen molar-refractivity contribution in [1.29, 1.82) is 0 Å². The number of rotatable bonds is 6. The predicted octanol–water partition coefficient (Wildman–Crippen LogP) is 3.83. The number of halogens is 1. The SMILES string of the molecule is CCCNC(CC)Cc1sccc1Br. The highest BCUT2D eigenvalue weighted by Crippen LogP contribution is 2.24. The van der Waals surface area contributed by atoms with Crippen molar-refractivity contribution in [3.63, 3.8) is 0 Å². The van der Waals surface area contributed by atoms with Crippen LogP contribution in [0.4, 0.5) is 0 Å². The van der Waals surface area contributed by atoms with E-state index in [4.69, 9.17) is 0 Å². The molecule has 0 saturated heterocycles. The van der Waals surface area contributed by atoms with Crippen LogP contribution in [-0.2, 0) is 6.42 Å². The molecule has 0 aliphatic carbocycles. The summed E-state index contributed by atoms with van der Waals surface area (Å²) in [4.78, 5) is 1.46. The van der Waals surface area contributed by atoms with Gasteiger partial charge in [-0.2, -0.15) is 0 Å². The molecule has 0 radical (unpaired) electrons. The lowest BCUT2D eigenvalue weighted by atomic mass is 10.1. The van der Waals surface area contributed by atoms with E-state index in [0.29, 0.717) is 6.04 Å². The third-order valence-corrected chi connectivity index (χ3v) is 4.25. The third-order valence-electron chi connectivity index (χ3n) is 2.30. The van der Waals surface area contributed by atoms with Gasteiger partial charge in [-0.25, -0.2) is 0 Å². The molecule has 3 heteroatoms. The largest absolute Gasteiger partial charge is 0.314 e. The molecule has 0 amide bonds. The molecule has 0 spiro atoms. The molecule has 0 aliphatic heterocycles. The molecule has 0 saturated carbocycles. The summed E-state index contributed by atoms with van der Waals surface area (Å²) < 4.78 is 1.26.